The molecule has 0 bridgehead atoms. The Balaban J connectivity index is 1.68. The van der Waals surface area contributed by atoms with Crippen molar-refractivity contribution in [3.05, 3.63) is 77.4 Å². The van der Waals surface area contributed by atoms with E-state index < -0.39 is 0 Å². The highest BCUT2D eigenvalue weighted by atomic mass is 32.2. The lowest BCUT2D eigenvalue weighted by atomic mass is 10.1. The van der Waals surface area contributed by atoms with Gasteiger partial charge in [-0.2, -0.15) is 0 Å². The Morgan fingerprint density at radius 1 is 0.909 bits per heavy atom. The third-order valence-corrected chi connectivity index (χ3v) is 6.03. The fourth-order valence-corrected chi connectivity index (χ4v) is 4.12. The molecule has 0 aliphatic rings. The second-order valence-electron chi connectivity index (χ2n) is 7.50. The zero-order chi connectivity index (χ0) is 23.8. The van der Waals surface area contributed by atoms with Crippen LogP contribution in [0.25, 0.3) is 0 Å². The van der Waals surface area contributed by atoms with Crippen LogP contribution in [-0.2, 0) is 11.2 Å². The van der Waals surface area contributed by atoms with Crippen LogP contribution >= 0.6 is 11.8 Å². The number of methoxy groups -OCH3 is 2. The molecule has 0 atom stereocenters. The molecule has 0 radical (unpaired) electrons. The predicted octanol–water partition coefficient (Wildman–Crippen LogP) is 5.09. The standard InChI is InChI=1S/C26H28N2O4S/c1-17-5-9-21(10-6-17)33-25-12-8-20(16-22(25)28-18(2)29)26(30)27-14-13-19-7-11-23(31-3)24(15-19)32-4/h5-12,15-16H,13-14H2,1-4H3,(H,27,30)(H,28,29). The van der Waals surface area contributed by atoms with Gasteiger partial charge in [-0.1, -0.05) is 35.5 Å². The molecule has 0 aliphatic carbocycles. The average Bonchev–Trinajstić information content (AvgIpc) is 2.81. The number of benzene rings is 3. The molecule has 0 saturated carbocycles. The summed E-state index contributed by atoms with van der Waals surface area (Å²) in [5.41, 5.74) is 3.30. The molecule has 3 aromatic rings. The van der Waals surface area contributed by atoms with E-state index >= 15 is 0 Å². The summed E-state index contributed by atoms with van der Waals surface area (Å²) in [7, 11) is 3.19. The first-order valence-corrected chi connectivity index (χ1v) is 11.4. The number of hydrogen-bond donors (Lipinski definition) is 2. The summed E-state index contributed by atoms with van der Waals surface area (Å²) in [6, 6.07) is 19.2. The van der Waals surface area contributed by atoms with Gasteiger partial charge in [0.25, 0.3) is 5.91 Å². The average molecular weight is 465 g/mol. The number of carbonyl (C=O) groups is 2. The normalized spacial score (nSPS) is 10.4. The van der Waals surface area contributed by atoms with Crippen LogP contribution < -0.4 is 20.1 Å². The topological polar surface area (TPSA) is 76.7 Å². The molecule has 0 fully saturated rings. The highest BCUT2D eigenvalue weighted by Gasteiger charge is 2.12. The van der Waals surface area contributed by atoms with Crippen molar-refractivity contribution in [3.63, 3.8) is 0 Å². The van der Waals surface area contributed by atoms with E-state index in [1.807, 2.05) is 55.5 Å². The molecule has 0 saturated heterocycles. The number of rotatable bonds is 9. The Hall–Kier alpha value is -3.45. The van der Waals surface area contributed by atoms with Crippen molar-refractivity contribution in [1.29, 1.82) is 0 Å². The maximum absolute atomic E-state index is 12.7. The number of carbonyl (C=O) groups excluding carboxylic acids is 2. The van der Waals surface area contributed by atoms with Gasteiger partial charge in [0.05, 0.1) is 19.9 Å². The SMILES string of the molecule is COc1ccc(CCNC(=O)c2ccc(Sc3ccc(C)cc3)c(NC(C)=O)c2)cc1OC. The summed E-state index contributed by atoms with van der Waals surface area (Å²) in [6.45, 7) is 3.95. The van der Waals surface area contributed by atoms with Gasteiger partial charge in [-0.3, -0.25) is 9.59 Å². The highest BCUT2D eigenvalue weighted by Crippen LogP contribution is 2.34. The van der Waals surface area contributed by atoms with Gasteiger partial charge in [0.1, 0.15) is 0 Å². The third-order valence-electron chi connectivity index (χ3n) is 4.95. The summed E-state index contributed by atoms with van der Waals surface area (Å²) < 4.78 is 10.6. The minimum Gasteiger partial charge on any atom is -0.493 e. The van der Waals surface area contributed by atoms with Gasteiger partial charge in [0.15, 0.2) is 11.5 Å². The second kappa shape index (κ2) is 11.4. The van der Waals surface area contributed by atoms with E-state index in [1.54, 1.807) is 26.4 Å². The maximum Gasteiger partial charge on any atom is 0.251 e. The van der Waals surface area contributed by atoms with E-state index in [1.165, 1.54) is 24.2 Å². The molecule has 2 amide bonds. The third kappa shape index (κ3) is 6.76. The molecule has 172 valence electrons. The van der Waals surface area contributed by atoms with Crippen molar-refractivity contribution in [3.8, 4) is 11.5 Å². The lowest BCUT2D eigenvalue weighted by Gasteiger charge is -2.13. The van der Waals surface area contributed by atoms with Gasteiger partial charge >= 0.3 is 0 Å². The lowest BCUT2D eigenvalue weighted by Crippen LogP contribution is -2.25. The smallest absolute Gasteiger partial charge is 0.251 e. The van der Waals surface area contributed by atoms with Crippen molar-refractivity contribution in [1.82, 2.24) is 5.32 Å². The molecule has 3 aromatic carbocycles. The van der Waals surface area contributed by atoms with Crippen LogP contribution in [0.1, 0.15) is 28.4 Å². The van der Waals surface area contributed by atoms with E-state index in [-0.39, 0.29) is 11.8 Å². The molecule has 2 N–H and O–H groups in total. The highest BCUT2D eigenvalue weighted by molar-refractivity contribution is 7.99. The van der Waals surface area contributed by atoms with E-state index in [2.05, 4.69) is 10.6 Å². The van der Waals surface area contributed by atoms with Crippen LogP contribution in [0.3, 0.4) is 0 Å². The van der Waals surface area contributed by atoms with Gasteiger partial charge in [-0.15, -0.1) is 0 Å². The van der Waals surface area contributed by atoms with Crippen molar-refractivity contribution < 1.29 is 19.1 Å². The van der Waals surface area contributed by atoms with Crippen LogP contribution in [-0.4, -0.2) is 32.6 Å². The quantitative estimate of drug-likeness (QED) is 0.461. The van der Waals surface area contributed by atoms with Gasteiger partial charge in [-0.25, -0.2) is 0 Å². The molecule has 3 rings (SSSR count). The molecular weight excluding hydrogens is 436 g/mol. The Morgan fingerprint density at radius 3 is 2.30 bits per heavy atom. The Labute approximate surface area is 198 Å². The largest absolute Gasteiger partial charge is 0.493 e. The molecule has 6 nitrogen and oxygen atoms in total. The number of amides is 2. The van der Waals surface area contributed by atoms with Gasteiger partial charge in [0, 0.05) is 28.8 Å². The first-order chi connectivity index (χ1) is 15.9. The van der Waals surface area contributed by atoms with E-state index in [4.69, 9.17) is 9.47 Å². The molecule has 0 aromatic heterocycles. The summed E-state index contributed by atoms with van der Waals surface area (Å²) in [6.07, 6.45) is 0.645. The maximum atomic E-state index is 12.7. The van der Waals surface area contributed by atoms with Crippen LogP contribution in [0, 0.1) is 6.92 Å². The molecule has 7 heteroatoms. The Bertz CT molecular complexity index is 1130. The number of anilines is 1. The van der Waals surface area contributed by atoms with Crippen molar-refractivity contribution in [2.24, 2.45) is 0 Å². The van der Waals surface area contributed by atoms with Crippen molar-refractivity contribution >= 4 is 29.3 Å². The predicted molar refractivity (Wildman–Crippen MR) is 132 cm³/mol. The molecule has 0 heterocycles. The van der Waals surface area contributed by atoms with Crippen LogP contribution in [0.4, 0.5) is 5.69 Å². The molecular formula is C26H28N2O4S. The zero-order valence-electron chi connectivity index (χ0n) is 19.2. The Kier molecular flexibility index (Phi) is 8.38. The molecule has 0 spiro atoms. The monoisotopic (exact) mass is 464 g/mol. The first-order valence-electron chi connectivity index (χ1n) is 10.5. The summed E-state index contributed by atoms with van der Waals surface area (Å²) >= 11 is 1.54. The van der Waals surface area contributed by atoms with Crippen molar-refractivity contribution in [2.45, 2.75) is 30.1 Å². The fraction of sp³-hybridized carbons (Fsp3) is 0.231. The first kappa shape index (κ1) is 24.2. The van der Waals surface area contributed by atoms with E-state index in [0.717, 1.165) is 15.4 Å². The van der Waals surface area contributed by atoms with Crippen LogP contribution in [0.15, 0.2) is 70.5 Å². The fourth-order valence-electron chi connectivity index (χ4n) is 3.24. The summed E-state index contributed by atoms with van der Waals surface area (Å²) in [5.74, 6) is 0.933. The van der Waals surface area contributed by atoms with Gasteiger partial charge in [-0.05, 0) is 61.4 Å². The minimum atomic E-state index is -0.200. The van der Waals surface area contributed by atoms with Crippen molar-refractivity contribution in [2.75, 3.05) is 26.1 Å². The Morgan fingerprint density at radius 2 is 1.64 bits per heavy atom. The lowest BCUT2D eigenvalue weighted by molar-refractivity contribution is -0.114. The van der Waals surface area contributed by atoms with Gasteiger partial charge in [0.2, 0.25) is 5.91 Å². The van der Waals surface area contributed by atoms with Gasteiger partial charge < -0.3 is 20.1 Å². The van der Waals surface area contributed by atoms with E-state index in [0.29, 0.717) is 35.7 Å². The zero-order valence-corrected chi connectivity index (χ0v) is 20.0. The summed E-state index contributed by atoms with van der Waals surface area (Å²) in [5, 5.41) is 5.78. The van der Waals surface area contributed by atoms with Crippen LogP contribution in [0.5, 0.6) is 11.5 Å². The molecule has 0 unspecified atom stereocenters. The molecule has 33 heavy (non-hydrogen) atoms. The summed E-state index contributed by atoms with van der Waals surface area (Å²) in [4.78, 5) is 26.4. The number of ether oxygens (including phenoxy) is 2. The van der Waals surface area contributed by atoms with E-state index in [9.17, 15) is 9.59 Å². The molecule has 0 aliphatic heterocycles. The number of aryl methyl sites for hydroxylation is 1. The van der Waals surface area contributed by atoms with Crippen LogP contribution in [0.2, 0.25) is 0 Å². The second-order valence-corrected chi connectivity index (χ2v) is 8.62. The minimum absolute atomic E-state index is 0.188. The number of hydrogen-bond acceptors (Lipinski definition) is 5. The number of nitrogens with one attached hydrogen (secondary N) is 2.